The van der Waals surface area contributed by atoms with E-state index in [4.69, 9.17) is 11.6 Å². The highest BCUT2D eigenvalue weighted by molar-refractivity contribution is 6.21. The first kappa shape index (κ1) is 8.46. The topological polar surface area (TPSA) is 3.24 Å². The molecule has 1 unspecified atom stereocenters. The lowest BCUT2D eigenvalue weighted by Crippen LogP contribution is -2.38. The molecule has 11 heavy (non-hydrogen) atoms. The minimum atomic E-state index is -4.40. The Balaban J connectivity index is 2.74. The lowest BCUT2D eigenvalue weighted by molar-refractivity contribution is -0.228. The second kappa shape index (κ2) is 2.77. The van der Waals surface area contributed by atoms with Crippen LogP contribution in [0.2, 0.25) is 0 Å². The van der Waals surface area contributed by atoms with E-state index in [9.17, 15) is 13.2 Å². The van der Waals surface area contributed by atoms with Gasteiger partial charge < -0.3 is 0 Å². The number of allylic oxidation sites excluding steroid dienone is 2. The van der Waals surface area contributed by atoms with Gasteiger partial charge in [-0.1, -0.05) is 17.7 Å². The van der Waals surface area contributed by atoms with Crippen molar-refractivity contribution in [2.45, 2.75) is 11.8 Å². The first-order valence-electron chi connectivity index (χ1n) is 2.86. The maximum Gasteiger partial charge on any atom is 0.485 e. The third-order valence-electron chi connectivity index (χ3n) is 1.19. The standard InChI is InChI=1S/C6H5ClF3N/c7-5-3-1-2-4-11(5)6(8,9)10/h1-5H. The Morgan fingerprint density at radius 1 is 1.27 bits per heavy atom. The van der Waals surface area contributed by atoms with Gasteiger partial charge in [-0.2, -0.15) is 13.2 Å². The molecule has 0 aromatic carbocycles. The number of rotatable bonds is 0. The van der Waals surface area contributed by atoms with Crippen molar-refractivity contribution in [2.24, 2.45) is 0 Å². The van der Waals surface area contributed by atoms with Crippen LogP contribution in [0.4, 0.5) is 13.2 Å². The zero-order valence-electron chi connectivity index (χ0n) is 5.35. The van der Waals surface area contributed by atoms with Crippen molar-refractivity contribution < 1.29 is 13.2 Å². The zero-order chi connectivity index (χ0) is 8.48. The minimum absolute atomic E-state index is 0.120. The molecule has 1 nitrogen and oxygen atoms in total. The maximum absolute atomic E-state index is 11.9. The molecule has 0 amide bonds. The fourth-order valence-electron chi connectivity index (χ4n) is 0.698. The molecule has 1 atom stereocenters. The summed E-state index contributed by atoms with van der Waals surface area (Å²) in [5.41, 5.74) is -1.13. The van der Waals surface area contributed by atoms with Crippen LogP contribution in [0.5, 0.6) is 0 Å². The second-order valence-corrected chi connectivity index (χ2v) is 2.42. The molecule has 0 aromatic rings. The van der Waals surface area contributed by atoms with Crippen LogP contribution in [-0.4, -0.2) is 16.7 Å². The molecular formula is C6H5ClF3N. The van der Waals surface area contributed by atoms with Crippen LogP contribution in [0, 0.1) is 0 Å². The van der Waals surface area contributed by atoms with Gasteiger partial charge in [0.15, 0.2) is 0 Å². The summed E-state index contributed by atoms with van der Waals surface area (Å²) in [6.45, 7) is 0. The number of hydrogen-bond donors (Lipinski definition) is 0. The van der Waals surface area contributed by atoms with Gasteiger partial charge in [-0.15, -0.1) is 0 Å². The highest BCUT2D eigenvalue weighted by Crippen LogP contribution is 2.27. The van der Waals surface area contributed by atoms with E-state index in [2.05, 4.69) is 0 Å². The van der Waals surface area contributed by atoms with Gasteiger partial charge in [-0.3, -0.25) is 4.90 Å². The van der Waals surface area contributed by atoms with E-state index in [-0.39, 0.29) is 4.90 Å². The Hall–Kier alpha value is -0.640. The van der Waals surface area contributed by atoms with E-state index in [1.54, 1.807) is 0 Å². The van der Waals surface area contributed by atoms with Gasteiger partial charge >= 0.3 is 6.30 Å². The molecular weight excluding hydrogens is 179 g/mol. The van der Waals surface area contributed by atoms with Crippen LogP contribution < -0.4 is 0 Å². The van der Waals surface area contributed by atoms with Crippen molar-refractivity contribution in [1.29, 1.82) is 0 Å². The Morgan fingerprint density at radius 3 is 2.27 bits per heavy atom. The summed E-state index contributed by atoms with van der Waals surface area (Å²) in [4.78, 5) is 0.120. The van der Waals surface area contributed by atoms with Crippen LogP contribution in [0.15, 0.2) is 24.4 Å². The zero-order valence-corrected chi connectivity index (χ0v) is 6.10. The molecule has 0 saturated carbocycles. The molecule has 0 spiro atoms. The molecule has 0 saturated heterocycles. The Morgan fingerprint density at radius 2 is 1.91 bits per heavy atom. The predicted molar refractivity (Wildman–Crippen MR) is 35.8 cm³/mol. The number of hydrogen-bond acceptors (Lipinski definition) is 1. The van der Waals surface area contributed by atoms with Gasteiger partial charge in [0.1, 0.15) is 5.50 Å². The highest BCUT2D eigenvalue weighted by atomic mass is 35.5. The van der Waals surface area contributed by atoms with Crippen LogP contribution >= 0.6 is 11.6 Å². The average molecular weight is 184 g/mol. The van der Waals surface area contributed by atoms with Crippen molar-refractivity contribution in [3.05, 3.63) is 24.4 Å². The SMILES string of the molecule is FC(F)(F)N1C=CC=CC1Cl. The smallest absolute Gasteiger partial charge is 0.271 e. The summed E-state index contributed by atoms with van der Waals surface area (Å²) >= 11 is 5.34. The molecule has 0 bridgehead atoms. The summed E-state index contributed by atoms with van der Waals surface area (Å²) in [5.74, 6) is 0. The Bertz CT molecular complexity index is 196. The van der Waals surface area contributed by atoms with Gasteiger partial charge in [0.25, 0.3) is 0 Å². The number of alkyl halides is 4. The van der Waals surface area contributed by atoms with Crippen LogP contribution in [-0.2, 0) is 0 Å². The lowest BCUT2D eigenvalue weighted by atomic mass is 10.3. The van der Waals surface area contributed by atoms with Crippen LogP contribution in [0.1, 0.15) is 0 Å². The van der Waals surface area contributed by atoms with Crippen molar-refractivity contribution in [2.75, 3.05) is 0 Å². The molecule has 5 heteroatoms. The maximum atomic E-state index is 11.9. The number of nitrogens with zero attached hydrogens (tertiary/aromatic N) is 1. The van der Waals surface area contributed by atoms with Crippen molar-refractivity contribution in [3.63, 3.8) is 0 Å². The van der Waals surface area contributed by atoms with E-state index in [1.807, 2.05) is 0 Å². The molecule has 0 fully saturated rings. The van der Waals surface area contributed by atoms with E-state index in [0.29, 0.717) is 0 Å². The molecule has 1 rings (SSSR count). The van der Waals surface area contributed by atoms with E-state index >= 15 is 0 Å². The van der Waals surface area contributed by atoms with E-state index < -0.39 is 11.8 Å². The molecule has 0 radical (unpaired) electrons. The molecule has 0 aromatic heterocycles. The van der Waals surface area contributed by atoms with Crippen molar-refractivity contribution in [3.8, 4) is 0 Å². The van der Waals surface area contributed by atoms with Gasteiger partial charge in [0.05, 0.1) is 0 Å². The lowest BCUT2D eigenvalue weighted by Gasteiger charge is -2.27. The third-order valence-corrected chi connectivity index (χ3v) is 1.54. The van der Waals surface area contributed by atoms with E-state index in [0.717, 1.165) is 6.20 Å². The monoisotopic (exact) mass is 183 g/mol. The highest BCUT2D eigenvalue weighted by Gasteiger charge is 2.38. The van der Waals surface area contributed by atoms with Gasteiger partial charge in [-0.05, 0) is 12.2 Å². The first-order valence-corrected chi connectivity index (χ1v) is 3.29. The summed E-state index contributed by atoms with van der Waals surface area (Å²) in [6.07, 6.45) is 0.521. The fraction of sp³-hybridized carbons (Fsp3) is 0.333. The quantitative estimate of drug-likeness (QED) is 0.412. The molecule has 62 valence electrons. The predicted octanol–water partition coefficient (Wildman–Crippen LogP) is 2.46. The first-order chi connectivity index (χ1) is 5.02. The minimum Gasteiger partial charge on any atom is -0.271 e. The second-order valence-electron chi connectivity index (χ2n) is 1.97. The Labute approximate surface area is 66.7 Å². The molecule has 1 heterocycles. The van der Waals surface area contributed by atoms with Crippen LogP contribution in [0.25, 0.3) is 0 Å². The number of halogens is 4. The molecule has 1 aliphatic heterocycles. The largest absolute Gasteiger partial charge is 0.485 e. The normalized spacial score (nSPS) is 24.4. The fourth-order valence-corrected chi connectivity index (χ4v) is 0.957. The van der Waals surface area contributed by atoms with Gasteiger partial charge in [0, 0.05) is 6.20 Å². The summed E-state index contributed by atoms with van der Waals surface area (Å²) in [7, 11) is 0. The van der Waals surface area contributed by atoms with Crippen molar-refractivity contribution in [1.82, 2.24) is 4.90 Å². The van der Waals surface area contributed by atoms with Crippen molar-refractivity contribution >= 4 is 11.6 Å². The molecule has 1 aliphatic rings. The third kappa shape index (κ3) is 1.89. The summed E-state index contributed by atoms with van der Waals surface area (Å²) < 4.78 is 35.8. The van der Waals surface area contributed by atoms with E-state index in [1.165, 1.54) is 18.2 Å². The summed E-state index contributed by atoms with van der Waals surface area (Å²) in [5, 5.41) is 0. The van der Waals surface area contributed by atoms with Gasteiger partial charge in [-0.25, -0.2) is 0 Å². The van der Waals surface area contributed by atoms with Gasteiger partial charge in [0.2, 0.25) is 0 Å². The Kier molecular flexibility index (Phi) is 2.13. The van der Waals surface area contributed by atoms with Crippen LogP contribution in [0.3, 0.4) is 0 Å². The molecule has 0 aliphatic carbocycles. The molecule has 0 N–H and O–H groups in total. The average Bonchev–Trinajstić information content (AvgIpc) is 1.86. The summed E-state index contributed by atoms with van der Waals surface area (Å²) in [6, 6.07) is 0.